The Bertz CT molecular complexity index is 602. The quantitative estimate of drug-likeness (QED) is 0.806. The van der Waals surface area contributed by atoms with E-state index in [4.69, 9.17) is 0 Å². The van der Waals surface area contributed by atoms with Crippen LogP contribution < -0.4 is 10.4 Å². The molecule has 2 aromatic rings. The number of amidine groups is 1. The van der Waals surface area contributed by atoms with Gasteiger partial charge in [0.1, 0.15) is 0 Å². The molecule has 0 unspecified atom stereocenters. The van der Waals surface area contributed by atoms with Crippen molar-refractivity contribution in [2.45, 2.75) is 5.54 Å². The average Bonchev–Trinajstić information content (AvgIpc) is 2.76. The van der Waals surface area contributed by atoms with Gasteiger partial charge in [-0.3, -0.25) is 9.79 Å². The van der Waals surface area contributed by atoms with Crippen LogP contribution in [-0.4, -0.2) is 11.9 Å². The van der Waals surface area contributed by atoms with Gasteiger partial charge in [0.2, 0.25) is 0 Å². The number of nitrogens with one attached hydrogen (secondary N) is 1. The Morgan fingerprint density at radius 2 is 1.35 bits per heavy atom. The molecule has 0 atom stereocenters. The first-order valence-electron chi connectivity index (χ1n) is 5.93. The topological polar surface area (TPSA) is 64.5 Å². The largest absolute Gasteiger partial charge is 1.00 e. The van der Waals surface area contributed by atoms with Crippen molar-refractivity contribution in [1.82, 2.24) is 5.32 Å². The Kier molecular flexibility index (Phi) is 4.09. The third kappa shape index (κ3) is 2.18. The molecule has 0 radical (unpaired) electrons. The third-order valence-electron chi connectivity index (χ3n) is 3.20. The normalized spacial score (nSPS) is 16.0. The summed E-state index contributed by atoms with van der Waals surface area (Å²) in [5.41, 5.74) is 0.105. The summed E-state index contributed by atoms with van der Waals surface area (Å²) >= 11 is 0. The molecular weight excluding hydrogens is 348 g/mol. The summed E-state index contributed by atoms with van der Waals surface area (Å²) < 4.78 is 0. The second-order valence-corrected chi connectivity index (χ2v) is 4.31. The molecule has 2 aromatic carbocycles. The van der Waals surface area contributed by atoms with Crippen LogP contribution in [0.5, 0.6) is 0 Å². The van der Waals surface area contributed by atoms with E-state index in [1.807, 2.05) is 36.4 Å². The Balaban J connectivity index is 0.00000147. The second kappa shape index (κ2) is 5.63. The zero-order valence-electron chi connectivity index (χ0n) is 10.3. The van der Waals surface area contributed by atoms with Gasteiger partial charge >= 0.3 is 22.4 Å². The number of nitrogens with zero attached hydrogens (tertiary/aromatic N) is 1. The molecule has 1 N–H and O–H groups in total. The predicted octanol–water partition coefficient (Wildman–Crippen LogP) is 0.774. The smallest absolute Gasteiger partial charge is 0.846 e. The van der Waals surface area contributed by atoms with E-state index >= 15 is 0 Å². The molecule has 1 amide bonds. The van der Waals surface area contributed by atoms with Crippen LogP contribution in [0, 0.1) is 0 Å². The molecule has 0 spiro atoms. The minimum absolute atomic E-state index is 0. The maximum atomic E-state index is 12.3. The molecule has 104 valence electrons. The van der Waals surface area contributed by atoms with Crippen LogP contribution in [0.4, 0.5) is 0 Å². The molecule has 0 saturated carbocycles. The Hall–Kier alpha value is -1.88. The minimum atomic E-state index is -1.26. The number of amides is 1. The first-order valence-corrected chi connectivity index (χ1v) is 5.93. The van der Waals surface area contributed by atoms with E-state index in [0.29, 0.717) is 11.1 Å². The third-order valence-corrected chi connectivity index (χ3v) is 3.20. The van der Waals surface area contributed by atoms with Crippen molar-refractivity contribution < 1.29 is 32.3 Å². The Morgan fingerprint density at radius 3 is 1.70 bits per heavy atom. The fourth-order valence-corrected chi connectivity index (χ4v) is 2.34. The number of hydrogen-bond donors (Lipinski definition) is 1. The first-order chi connectivity index (χ1) is 9.23. The van der Waals surface area contributed by atoms with Crippen LogP contribution in [0.15, 0.2) is 65.7 Å². The summed E-state index contributed by atoms with van der Waals surface area (Å²) in [5, 5.41) is 13.8. The van der Waals surface area contributed by atoms with E-state index in [9.17, 15) is 9.90 Å². The fraction of sp³-hybridized carbons (Fsp3) is 0.0667. The minimum Gasteiger partial charge on any atom is -0.846 e. The summed E-state index contributed by atoms with van der Waals surface area (Å²) in [7, 11) is 0. The molecule has 0 aromatic heterocycles. The molecule has 0 aliphatic carbocycles. The SMILES string of the molecule is O=C1NC([O-])=NC1(c1ccccc1)c1ccccc1.[Ag+]. The number of hydrogen-bond acceptors (Lipinski definition) is 3. The molecule has 0 bridgehead atoms. The molecular formula is C15H11AgN2O2. The standard InChI is InChI=1S/C15H12N2O2.Ag/c18-13-15(17-14(19)16-13,11-7-3-1-4-8-11)12-9-5-2-6-10-12;/h1-10H,(H2,16,17,18,19);/q;+1/p-1. The Labute approximate surface area is 132 Å². The van der Waals surface area contributed by atoms with Gasteiger partial charge in [0, 0.05) is 0 Å². The van der Waals surface area contributed by atoms with Crippen molar-refractivity contribution in [1.29, 1.82) is 0 Å². The van der Waals surface area contributed by atoms with Crippen LogP contribution in [0.1, 0.15) is 11.1 Å². The second-order valence-electron chi connectivity index (χ2n) is 4.31. The van der Waals surface area contributed by atoms with Gasteiger partial charge in [-0.2, -0.15) is 0 Å². The summed E-state index contributed by atoms with van der Waals surface area (Å²) in [6.45, 7) is 0. The van der Waals surface area contributed by atoms with Gasteiger partial charge in [-0.15, -0.1) is 0 Å². The van der Waals surface area contributed by atoms with Gasteiger partial charge in [-0.05, 0) is 11.1 Å². The van der Waals surface area contributed by atoms with Gasteiger partial charge < -0.3 is 10.4 Å². The van der Waals surface area contributed by atoms with Crippen LogP contribution in [0.2, 0.25) is 0 Å². The maximum Gasteiger partial charge on any atom is 1.00 e. The van der Waals surface area contributed by atoms with Crippen molar-refractivity contribution >= 4 is 11.9 Å². The molecule has 20 heavy (non-hydrogen) atoms. The number of carbonyl (C=O) groups excluding carboxylic acids is 1. The number of rotatable bonds is 2. The van der Waals surface area contributed by atoms with Crippen molar-refractivity contribution in [2.24, 2.45) is 4.99 Å². The molecule has 1 aliphatic rings. The molecule has 1 heterocycles. The number of carbonyl (C=O) groups is 1. The van der Waals surface area contributed by atoms with Gasteiger partial charge in [-0.1, -0.05) is 60.7 Å². The fourth-order valence-electron chi connectivity index (χ4n) is 2.34. The molecule has 5 heteroatoms. The van der Waals surface area contributed by atoms with Gasteiger partial charge in [0.15, 0.2) is 5.54 Å². The van der Waals surface area contributed by atoms with E-state index < -0.39 is 17.5 Å². The number of aliphatic imine (C=N–C) groups is 1. The van der Waals surface area contributed by atoms with E-state index in [0.717, 1.165) is 0 Å². The average molecular weight is 359 g/mol. The monoisotopic (exact) mass is 358 g/mol. The zero-order chi connectivity index (χ0) is 13.3. The first kappa shape index (κ1) is 14.5. The van der Waals surface area contributed by atoms with Gasteiger partial charge in [-0.25, -0.2) is 0 Å². The molecule has 1 aliphatic heterocycles. The summed E-state index contributed by atoms with van der Waals surface area (Å²) in [5.74, 6) is -0.407. The summed E-state index contributed by atoms with van der Waals surface area (Å²) in [6, 6.07) is 17.6. The predicted molar refractivity (Wildman–Crippen MR) is 69.2 cm³/mol. The van der Waals surface area contributed by atoms with Crippen LogP contribution in [0.3, 0.4) is 0 Å². The maximum absolute atomic E-state index is 12.3. The van der Waals surface area contributed by atoms with Crippen LogP contribution >= 0.6 is 0 Å². The van der Waals surface area contributed by atoms with Gasteiger partial charge in [0.25, 0.3) is 5.91 Å². The van der Waals surface area contributed by atoms with Crippen LogP contribution in [-0.2, 0) is 32.7 Å². The van der Waals surface area contributed by atoms with E-state index in [-0.39, 0.29) is 22.4 Å². The molecule has 4 nitrogen and oxygen atoms in total. The summed E-state index contributed by atoms with van der Waals surface area (Å²) in [4.78, 5) is 16.3. The summed E-state index contributed by atoms with van der Waals surface area (Å²) in [6.07, 6.45) is 0. The van der Waals surface area contributed by atoms with E-state index in [1.54, 1.807) is 24.3 Å². The van der Waals surface area contributed by atoms with Crippen molar-refractivity contribution in [2.75, 3.05) is 0 Å². The van der Waals surface area contributed by atoms with Crippen LogP contribution in [0.25, 0.3) is 0 Å². The number of benzene rings is 2. The van der Waals surface area contributed by atoms with E-state index in [1.165, 1.54) is 0 Å². The van der Waals surface area contributed by atoms with Crippen molar-refractivity contribution in [3.05, 3.63) is 71.8 Å². The van der Waals surface area contributed by atoms with Crippen molar-refractivity contribution in [3.63, 3.8) is 0 Å². The van der Waals surface area contributed by atoms with E-state index in [2.05, 4.69) is 10.3 Å². The van der Waals surface area contributed by atoms with Crippen molar-refractivity contribution in [3.8, 4) is 0 Å². The van der Waals surface area contributed by atoms with Gasteiger partial charge in [0.05, 0.1) is 6.02 Å². The zero-order valence-corrected chi connectivity index (χ0v) is 11.8. The molecule has 0 saturated heterocycles. The Morgan fingerprint density at radius 1 is 0.900 bits per heavy atom. The molecule has 0 fully saturated rings. The molecule has 3 rings (SSSR count).